The Bertz CT molecular complexity index is 785. The molecule has 0 unspecified atom stereocenters. The maximum absolute atomic E-state index is 13.8. The zero-order valence-electron chi connectivity index (χ0n) is 19.8. The summed E-state index contributed by atoms with van der Waals surface area (Å²) in [5.74, 6) is 0.831. The zero-order chi connectivity index (χ0) is 23.5. The molecule has 1 aromatic rings. The second-order valence-corrected chi connectivity index (χ2v) is 11.1. The minimum Gasteiger partial charge on any atom is -0.390 e. The van der Waals surface area contributed by atoms with E-state index in [1.165, 1.54) is 31.7 Å². The molecule has 2 aliphatic rings. The Hall–Kier alpha value is -1.21. The summed E-state index contributed by atoms with van der Waals surface area (Å²) in [6, 6.07) is 4.43. The Morgan fingerprint density at radius 2 is 1.97 bits per heavy atom. The van der Waals surface area contributed by atoms with E-state index in [2.05, 4.69) is 15.5 Å². The van der Waals surface area contributed by atoms with Gasteiger partial charge in [0.05, 0.1) is 17.2 Å². The first-order valence-electron chi connectivity index (χ1n) is 12.0. The van der Waals surface area contributed by atoms with Crippen molar-refractivity contribution in [3.8, 4) is 0 Å². The van der Waals surface area contributed by atoms with Gasteiger partial charge >= 0.3 is 0 Å². The van der Waals surface area contributed by atoms with Gasteiger partial charge in [0.2, 0.25) is 5.91 Å². The van der Waals surface area contributed by atoms with Gasteiger partial charge in [0.15, 0.2) is 0 Å². The predicted octanol–water partition coefficient (Wildman–Crippen LogP) is 4.29. The topological polar surface area (TPSA) is 64.6 Å². The molecule has 1 saturated heterocycles. The standard InChI is InChI=1S/C25H39ClFN3O2/c1-16(17-9-10-21(26)22(27)11-17)28-13-20(31)15-30-14-19-8-6-5-7-18(19)12-23(30)24(32)29-25(2,3)4/h9-11,16,18-20,23,28,31H,5-8,12-15H2,1-4H3,(H,29,32)/t16-,18-,19+,20+,23-/m0/s1. The van der Waals surface area contributed by atoms with E-state index in [-0.39, 0.29) is 28.6 Å². The van der Waals surface area contributed by atoms with Gasteiger partial charge in [-0.05, 0) is 70.1 Å². The summed E-state index contributed by atoms with van der Waals surface area (Å²) in [6.07, 6.45) is 5.17. The van der Waals surface area contributed by atoms with Gasteiger partial charge < -0.3 is 15.7 Å². The Balaban J connectivity index is 1.60. The van der Waals surface area contributed by atoms with Gasteiger partial charge in [0, 0.05) is 31.2 Å². The molecule has 5 atom stereocenters. The number of carbonyl (C=O) groups excluding carboxylic acids is 1. The summed E-state index contributed by atoms with van der Waals surface area (Å²) in [4.78, 5) is 15.3. The van der Waals surface area contributed by atoms with Crippen molar-refractivity contribution in [3.05, 3.63) is 34.6 Å². The van der Waals surface area contributed by atoms with Crippen molar-refractivity contribution < 1.29 is 14.3 Å². The third-order valence-electron chi connectivity index (χ3n) is 6.85. The van der Waals surface area contributed by atoms with E-state index in [0.717, 1.165) is 18.5 Å². The molecule has 7 heteroatoms. The van der Waals surface area contributed by atoms with Gasteiger partial charge in [-0.3, -0.25) is 9.69 Å². The maximum atomic E-state index is 13.8. The first kappa shape index (κ1) is 25.4. The number of likely N-dealkylation sites (tertiary alicyclic amines) is 1. The molecular formula is C25H39ClFN3O2. The van der Waals surface area contributed by atoms with E-state index in [9.17, 15) is 14.3 Å². The fourth-order valence-electron chi connectivity index (χ4n) is 5.17. The monoisotopic (exact) mass is 467 g/mol. The van der Waals surface area contributed by atoms with Crippen LogP contribution in [0.5, 0.6) is 0 Å². The molecule has 1 heterocycles. The minimum atomic E-state index is -0.625. The summed E-state index contributed by atoms with van der Waals surface area (Å²) < 4.78 is 13.8. The lowest BCUT2D eigenvalue weighted by Crippen LogP contribution is -2.59. The first-order valence-corrected chi connectivity index (χ1v) is 12.3. The number of carbonyl (C=O) groups is 1. The molecule has 0 bridgehead atoms. The van der Waals surface area contributed by atoms with Crippen LogP contribution in [0.3, 0.4) is 0 Å². The number of piperidine rings is 1. The Morgan fingerprint density at radius 3 is 2.62 bits per heavy atom. The van der Waals surface area contributed by atoms with Crippen molar-refractivity contribution >= 4 is 17.5 Å². The third-order valence-corrected chi connectivity index (χ3v) is 7.16. The smallest absolute Gasteiger partial charge is 0.237 e. The highest BCUT2D eigenvalue weighted by Crippen LogP contribution is 2.38. The van der Waals surface area contributed by atoms with E-state index in [4.69, 9.17) is 11.6 Å². The van der Waals surface area contributed by atoms with Crippen LogP contribution in [0.1, 0.15) is 71.4 Å². The molecule has 2 fully saturated rings. The lowest BCUT2D eigenvalue weighted by Gasteiger charge is -2.46. The molecule has 180 valence electrons. The normalized spacial score (nSPS) is 26.3. The Kier molecular flexibility index (Phi) is 8.59. The second kappa shape index (κ2) is 10.8. The quantitative estimate of drug-likeness (QED) is 0.559. The van der Waals surface area contributed by atoms with Crippen LogP contribution in [-0.4, -0.2) is 53.2 Å². The number of nitrogens with zero attached hydrogens (tertiary/aromatic N) is 1. The SMILES string of the molecule is C[C@H](NC[C@@H](O)CN1C[C@H]2CCCC[C@H]2C[C@H]1C(=O)NC(C)(C)C)c1ccc(Cl)c(F)c1. The van der Waals surface area contributed by atoms with Crippen LogP contribution in [0, 0.1) is 17.7 Å². The highest BCUT2D eigenvalue weighted by atomic mass is 35.5. The number of fused-ring (bicyclic) bond motifs is 1. The molecule has 0 spiro atoms. The van der Waals surface area contributed by atoms with Crippen LogP contribution in [0.2, 0.25) is 5.02 Å². The molecule has 1 aromatic carbocycles. The lowest BCUT2D eigenvalue weighted by atomic mass is 9.72. The molecule has 3 rings (SSSR count). The average Bonchev–Trinajstić information content (AvgIpc) is 2.72. The number of aliphatic hydroxyl groups is 1. The minimum absolute atomic E-state index is 0.0618. The van der Waals surface area contributed by atoms with Crippen LogP contribution >= 0.6 is 11.6 Å². The van der Waals surface area contributed by atoms with E-state index in [0.29, 0.717) is 24.9 Å². The van der Waals surface area contributed by atoms with E-state index in [1.807, 2.05) is 27.7 Å². The number of hydrogen-bond donors (Lipinski definition) is 3. The molecule has 1 aliphatic heterocycles. The number of nitrogens with one attached hydrogen (secondary N) is 2. The van der Waals surface area contributed by atoms with Gasteiger partial charge in [-0.15, -0.1) is 0 Å². The number of β-amino-alcohol motifs (C(OH)–C–C–N with tert-alkyl or cyclic N) is 1. The molecule has 0 radical (unpaired) electrons. The number of halogens is 2. The lowest BCUT2D eigenvalue weighted by molar-refractivity contribution is -0.132. The van der Waals surface area contributed by atoms with Crippen molar-refractivity contribution in [3.63, 3.8) is 0 Å². The van der Waals surface area contributed by atoms with E-state index < -0.39 is 11.9 Å². The van der Waals surface area contributed by atoms with Gasteiger partial charge in [0.1, 0.15) is 5.82 Å². The van der Waals surface area contributed by atoms with Crippen LogP contribution < -0.4 is 10.6 Å². The van der Waals surface area contributed by atoms with Crippen molar-refractivity contribution in [1.82, 2.24) is 15.5 Å². The van der Waals surface area contributed by atoms with Gasteiger partial charge in [-0.2, -0.15) is 0 Å². The number of rotatable bonds is 7. The molecule has 1 aliphatic carbocycles. The average molecular weight is 468 g/mol. The summed E-state index contributed by atoms with van der Waals surface area (Å²) in [6.45, 7) is 9.61. The molecule has 3 N–H and O–H groups in total. The molecule has 0 aromatic heterocycles. The van der Waals surface area contributed by atoms with E-state index in [1.54, 1.807) is 12.1 Å². The van der Waals surface area contributed by atoms with Crippen LogP contribution in [0.25, 0.3) is 0 Å². The third kappa shape index (κ3) is 6.89. The fraction of sp³-hybridized carbons (Fsp3) is 0.720. The highest BCUT2D eigenvalue weighted by Gasteiger charge is 2.40. The largest absolute Gasteiger partial charge is 0.390 e. The fourth-order valence-corrected chi connectivity index (χ4v) is 5.29. The summed E-state index contributed by atoms with van der Waals surface area (Å²) in [7, 11) is 0. The summed E-state index contributed by atoms with van der Waals surface area (Å²) in [5.41, 5.74) is 0.500. The number of benzene rings is 1. The number of aliphatic hydroxyl groups excluding tert-OH is 1. The van der Waals surface area contributed by atoms with Crippen LogP contribution in [0.4, 0.5) is 4.39 Å². The maximum Gasteiger partial charge on any atom is 0.237 e. The highest BCUT2D eigenvalue weighted by molar-refractivity contribution is 6.30. The van der Waals surface area contributed by atoms with E-state index >= 15 is 0 Å². The van der Waals surface area contributed by atoms with Crippen molar-refractivity contribution in [1.29, 1.82) is 0 Å². The molecular weight excluding hydrogens is 429 g/mol. The van der Waals surface area contributed by atoms with Crippen molar-refractivity contribution in [2.24, 2.45) is 11.8 Å². The number of amides is 1. The molecule has 5 nitrogen and oxygen atoms in total. The first-order chi connectivity index (χ1) is 15.0. The van der Waals surface area contributed by atoms with Crippen molar-refractivity contribution in [2.45, 2.75) is 83.5 Å². The van der Waals surface area contributed by atoms with Gasteiger partial charge in [-0.1, -0.05) is 36.9 Å². The van der Waals surface area contributed by atoms with Gasteiger partial charge in [-0.25, -0.2) is 4.39 Å². The van der Waals surface area contributed by atoms with Gasteiger partial charge in [0.25, 0.3) is 0 Å². The summed E-state index contributed by atoms with van der Waals surface area (Å²) in [5, 5.41) is 17.3. The number of hydrogen-bond acceptors (Lipinski definition) is 4. The molecule has 32 heavy (non-hydrogen) atoms. The summed E-state index contributed by atoms with van der Waals surface area (Å²) >= 11 is 5.78. The Labute approximate surface area is 197 Å². The molecule has 1 amide bonds. The van der Waals surface area contributed by atoms with Crippen LogP contribution in [0.15, 0.2) is 18.2 Å². The predicted molar refractivity (Wildman–Crippen MR) is 127 cm³/mol. The molecule has 1 saturated carbocycles. The van der Waals surface area contributed by atoms with Crippen LogP contribution in [-0.2, 0) is 4.79 Å². The zero-order valence-corrected chi connectivity index (χ0v) is 20.6. The Morgan fingerprint density at radius 1 is 1.28 bits per heavy atom. The van der Waals surface area contributed by atoms with Crippen molar-refractivity contribution in [2.75, 3.05) is 19.6 Å². The second-order valence-electron chi connectivity index (χ2n) is 10.7.